The van der Waals surface area contributed by atoms with Gasteiger partial charge in [-0.3, -0.25) is 4.79 Å². The van der Waals surface area contributed by atoms with Crippen LogP contribution >= 0.6 is 27.3 Å². The van der Waals surface area contributed by atoms with Crippen LogP contribution in [0.15, 0.2) is 44.4 Å². The van der Waals surface area contributed by atoms with E-state index in [1.165, 1.54) is 15.6 Å². The highest BCUT2D eigenvalue weighted by Gasteiger charge is 2.31. The van der Waals surface area contributed by atoms with Gasteiger partial charge in [-0.1, -0.05) is 0 Å². The number of carbonyl (C=O) groups excluding carboxylic acids is 1. The number of thiophene rings is 1. The molecule has 2 aromatic rings. The maximum Gasteiger partial charge on any atom is 0.253 e. The SMILES string of the molecule is CN(C)c1ccc(C(=O)N2CCN(S(=O)(=O)c3ccc(Br)s3)CC2)cc1. The summed E-state index contributed by atoms with van der Waals surface area (Å²) in [6.45, 7) is 1.39. The van der Waals surface area contributed by atoms with E-state index in [1.807, 2.05) is 43.3 Å². The van der Waals surface area contributed by atoms with E-state index in [0.29, 0.717) is 36.0 Å². The van der Waals surface area contributed by atoms with Crippen molar-refractivity contribution in [3.63, 3.8) is 0 Å². The number of anilines is 1. The molecule has 1 aromatic heterocycles. The third-order valence-corrected chi connectivity index (χ3v) is 8.29. The van der Waals surface area contributed by atoms with Gasteiger partial charge in [0, 0.05) is 51.5 Å². The first kappa shape index (κ1) is 19.3. The third kappa shape index (κ3) is 3.95. The molecule has 9 heteroatoms. The summed E-state index contributed by atoms with van der Waals surface area (Å²) >= 11 is 4.50. The van der Waals surface area contributed by atoms with E-state index < -0.39 is 10.0 Å². The van der Waals surface area contributed by atoms with Crippen molar-refractivity contribution in [2.45, 2.75) is 4.21 Å². The van der Waals surface area contributed by atoms with Crippen LogP contribution in [0.2, 0.25) is 0 Å². The summed E-state index contributed by atoms with van der Waals surface area (Å²) in [6.07, 6.45) is 0. The fourth-order valence-electron chi connectivity index (χ4n) is 2.78. The second-order valence-corrected chi connectivity index (χ2v) is 10.8. The minimum Gasteiger partial charge on any atom is -0.378 e. The molecule has 1 saturated heterocycles. The zero-order valence-corrected chi connectivity index (χ0v) is 17.8. The number of halogens is 1. The second kappa shape index (κ2) is 7.67. The van der Waals surface area contributed by atoms with E-state index in [1.54, 1.807) is 17.0 Å². The summed E-state index contributed by atoms with van der Waals surface area (Å²) in [7, 11) is 0.402. The zero-order valence-electron chi connectivity index (χ0n) is 14.6. The van der Waals surface area contributed by atoms with E-state index in [4.69, 9.17) is 0 Å². The molecule has 0 aliphatic carbocycles. The number of carbonyl (C=O) groups is 1. The largest absolute Gasteiger partial charge is 0.378 e. The van der Waals surface area contributed by atoms with Crippen LogP contribution in [0.3, 0.4) is 0 Å². The summed E-state index contributed by atoms with van der Waals surface area (Å²) in [5, 5.41) is 0. The molecule has 1 aromatic carbocycles. The summed E-state index contributed by atoms with van der Waals surface area (Å²) < 4.78 is 27.9. The molecule has 0 bridgehead atoms. The topological polar surface area (TPSA) is 60.9 Å². The average molecular weight is 458 g/mol. The summed E-state index contributed by atoms with van der Waals surface area (Å²) in [4.78, 5) is 16.3. The van der Waals surface area contributed by atoms with Crippen LogP contribution in [-0.2, 0) is 10.0 Å². The van der Waals surface area contributed by atoms with Crippen LogP contribution in [0.4, 0.5) is 5.69 Å². The Labute approximate surface area is 166 Å². The van der Waals surface area contributed by atoms with Crippen molar-refractivity contribution in [2.75, 3.05) is 45.2 Å². The zero-order chi connectivity index (χ0) is 18.9. The quantitative estimate of drug-likeness (QED) is 0.707. The van der Waals surface area contributed by atoms with Crippen LogP contribution in [0, 0.1) is 0 Å². The summed E-state index contributed by atoms with van der Waals surface area (Å²) in [6, 6.07) is 10.8. The molecule has 1 fully saturated rings. The van der Waals surface area contributed by atoms with Crippen molar-refractivity contribution >= 4 is 48.9 Å². The van der Waals surface area contributed by atoms with Gasteiger partial charge in [-0.05, 0) is 52.3 Å². The van der Waals surface area contributed by atoms with Gasteiger partial charge < -0.3 is 9.80 Å². The lowest BCUT2D eigenvalue weighted by molar-refractivity contribution is 0.0698. The second-order valence-electron chi connectivity index (χ2n) is 6.20. The number of nitrogens with zero attached hydrogens (tertiary/aromatic N) is 3. The van der Waals surface area contributed by atoms with Crippen molar-refractivity contribution in [1.29, 1.82) is 0 Å². The Morgan fingerprint density at radius 3 is 2.15 bits per heavy atom. The number of hydrogen-bond donors (Lipinski definition) is 0. The minimum absolute atomic E-state index is 0.0637. The van der Waals surface area contributed by atoms with Crippen molar-refractivity contribution in [3.05, 3.63) is 45.7 Å². The molecule has 0 spiro atoms. The Kier molecular flexibility index (Phi) is 5.71. The lowest BCUT2D eigenvalue weighted by atomic mass is 10.1. The van der Waals surface area contributed by atoms with Crippen LogP contribution < -0.4 is 4.90 Å². The van der Waals surface area contributed by atoms with E-state index in [2.05, 4.69) is 15.9 Å². The average Bonchev–Trinajstić information content (AvgIpc) is 3.08. The number of amides is 1. The highest BCUT2D eigenvalue weighted by Crippen LogP contribution is 2.29. The maximum absolute atomic E-state index is 12.7. The molecule has 6 nitrogen and oxygen atoms in total. The molecule has 2 heterocycles. The van der Waals surface area contributed by atoms with Gasteiger partial charge in [0.05, 0.1) is 3.79 Å². The van der Waals surface area contributed by atoms with Gasteiger partial charge in [0.15, 0.2) is 0 Å². The fourth-order valence-corrected chi connectivity index (χ4v) is 6.37. The van der Waals surface area contributed by atoms with Crippen LogP contribution in [0.1, 0.15) is 10.4 Å². The van der Waals surface area contributed by atoms with Gasteiger partial charge in [-0.2, -0.15) is 4.31 Å². The van der Waals surface area contributed by atoms with Gasteiger partial charge >= 0.3 is 0 Å². The third-order valence-electron chi connectivity index (χ3n) is 4.30. The Balaban J connectivity index is 1.65. The monoisotopic (exact) mass is 457 g/mol. The molecule has 26 heavy (non-hydrogen) atoms. The smallest absolute Gasteiger partial charge is 0.253 e. The normalized spacial score (nSPS) is 15.9. The maximum atomic E-state index is 12.7. The minimum atomic E-state index is -3.49. The van der Waals surface area contributed by atoms with Crippen molar-refractivity contribution < 1.29 is 13.2 Å². The molecule has 0 N–H and O–H groups in total. The van der Waals surface area contributed by atoms with E-state index in [9.17, 15) is 13.2 Å². The fraction of sp³-hybridized carbons (Fsp3) is 0.353. The number of rotatable bonds is 4. The highest BCUT2D eigenvalue weighted by molar-refractivity contribution is 9.11. The molecular weight excluding hydrogens is 438 g/mol. The number of hydrogen-bond acceptors (Lipinski definition) is 5. The van der Waals surface area contributed by atoms with Crippen molar-refractivity contribution in [1.82, 2.24) is 9.21 Å². The standard InChI is InChI=1S/C17H20BrN3O3S2/c1-19(2)14-5-3-13(4-6-14)17(22)20-9-11-21(12-10-20)26(23,24)16-8-7-15(18)25-16/h3-8H,9-12H2,1-2H3. The van der Waals surface area contributed by atoms with Crippen molar-refractivity contribution in [3.8, 4) is 0 Å². The predicted octanol–water partition coefficient (Wildman–Crippen LogP) is 2.72. The highest BCUT2D eigenvalue weighted by atomic mass is 79.9. The molecule has 1 aliphatic heterocycles. The first-order valence-corrected chi connectivity index (χ1v) is 11.2. The Morgan fingerprint density at radius 1 is 1.04 bits per heavy atom. The molecule has 0 unspecified atom stereocenters. The van der Waals surface area contributed by atoms with Gasteiger partial charge in [0.2, 0.25) is 0 Å². The van der Waals surface area contributed by atoms with Gasteiger partial charge in [-0.15, -0.1) is 11.3 Å². The van der Waals surface area contributed by atoms with E-state index >= 15 is 0 Å². The Hall–Kier alpha value is -1.42. The predicted molar refractivity (Wildman–Crippen MR) is 107 cm³/mol. The van der Waals surface area contributed by atoms with Gasteiger partial charge in [0.25, 0.3) is 15.9 Å². The van der Waals surface area contributed by atoms with Crippen LogP contribution in [0.5, 0.6) is 0 Å². The number of sulfonamides is 1. The van der Waals surface area contributed by atoms with Crippen LogP contribution in [0.25, 0.3) is 0 Å². The molecule has 1 aliphatic rings. The molecule has 0 saturated carbocycles. The van der Waals surface area contributed by atoms with E-state index in [0.717, 1.165) is 9.47 Å². The first-order chi connectivity index (χ1) is 12.3. The van der Waals surface area contributed by atoms with Gasteiger partial charge in [-0.25, -0.2) is 8.42 Å². The Bertz CT molecular complexity index is 886. The van der Waals surface area contributed by atoms with E-state index in [-0.39, 0.29) is 5.91 Å². The summed E-state index contributed by atoms with van der Waals surface area (Å²) in [5.74, 6) is -0.0637. The van der Waals surface area contributed by atoms with Crippen LogP contribution in [-0.4, -0.2) is 63.8 Å². The lowest BCUT2D eigenvalue weighted by Crippen LogP contribution is -2.50. The summed E-state index contributed by atoms with van der Waals surface area (Å²) in [5.41, 5.74) is 1.65. The van der Waals surface area contributed by atoms with Crippen molar-refractivity contribution in [2.24, 2.45) is 0 Å². The lowest BCUT2D eigenvalue weighted by Gasteiger charge is -2.33. The number of benzene rings is 1. The molecular formula is C17H20BrN3O3S2. The molecule has 140 valence electrons. The molecule has 0 radical (unpaired) electrons. The number of piperazine rings is 1. The molecule has 3 rings (SSSR count). The Morgan fingerprint density at radius 2 is 1.65 bits per heavy atom. The first-order valence-electron chi connectivity index (χ1n) is 8.11. The molecule has 0 atom stereocenters. The molecule has 1 amide bonds. The van der Waals surface area contributed by atoms with Gasteiger partial charge in [0.1, 0.15) is 4.21 Å².